The number of nitrogens with one attached hydrogen (secondary N) is 1. The molecule has 0 aromatic carbocycles. The number of amides is 1. The standard InChI is InChI=1S/C14H32N4O/c1-14(2,3)16-13(19)10-12(11-15)18(6)9-7-8-17(4)5/h12H,7-11,15H2,1-6H3,(H,16,19). The van der Waals surface area contributed by atoms with Gasteiger partial charge in [0.2, 0.25) is 5.91 Å². The normalized spacial score (nSPS) is 13.9. The molecular weight excluding hydrogens is 240 g/mol. The number of nitrogens with zero attached hydrogens (tertiary/aromatic N) is 2. The molecule has 1 atom stereocenters. The topological polar surface area (TPSA) is 61.6 Å². The molecule has 114 valence electrons. The molecule has 0 aliphatic carbocycles. The third kappa shape index (κ3) is 9.87. The minimum Gasteiger partial charge on any atom is -0.351 e. The van der Waals surface area contributed by atoms with E-state index in [1.165, 1.54) is 0 Å². The molecule has 0 aromatic heterocycles. The van der Waals surface area contributed by atoms with Crippen molar-refractivity contribution in [2.75, 3.05) is 40.8 Å². The van der Waals surface area contributed by atoms with Gasteiger partial charge in [-0.15, -0.1) is 0 Å². The van der Waals surface area contributed by atoms with Crippen molar-refractivity contribution in [1.82, 2.24) is 15.1 Å². The molecule has 19 heavy (non-hydrogen) atoms. The van der Waals surface area contributed by atoms with E-state index in [0.29, 0.717) is 13.0 Å². The first-order chi connectivity index (χ1) is 8.65. The first-order valence-corrected chi connectivity index (χ1v) is 7.01. The van der Waals surface area contributed by atoms with E-state index in [1.807, 2.05) is 27.8 Å². The van der Waals surface area contributed by atoms with Gasteiger partial charge in [-0.05, 0) is 61.4 Å². The summed E-state index contributed by atoms with van der Waals surface area (Å²) in [5, 5.41) is 2.98. The van der Waals surface area contributed by atoms with Crippen LogP contribution in [0.4, 0.5) is 0 Å². The summed E-state index contributed by atoms with van der Waals surface area (Å²) in [6.45, 7) is 8.49. The Kier molecular flexibility index (Phi) is 8.22. The number of hydrogen-bond donors (Lipinski definition) is 2. The Balaban J connectivity index is 4.14. The molecule has 0 saturated heterocycles. The average molecular weight is 272 g/mol. The van der Waals surface area contributed by atoms with Gasteiger partial charge in [-0.2, -0.15) is 0 Å². The first kappa shape index (κ1) is 18.4. The third-order valence-corrected chi connectivity index (χ3v) is 2.95. The van der Waals surface area contributed by atoms with E-state index in [0.717, 1.165) is 19.5 Å². The molecule has 0 saturated carbocycles. The predicted octanol–water partition coefficient (Wildman–Crippen LogP) is 0.502. The summed E-state index contributed by atoms with van der Waals surface area (Å²) in [7, 11) is 6.17. The molecular formula is C14H32N4O. The molecule has 0 aliphatic heterocycles. The molecule has 0 aliphatic rings. The van der Waals surface area contributed by atoms with E-state index < -0.39 is 0 Å². The van der Waals surface area contributed by atoms with E-state index in [1.54, 1.807) is 0 Å². The molecule has 0 radical (unpaired) electrons. The van der Waals surface area contributed by atoms with Crippen molar-refractivity contribution in [3.05, 3.63) is 0 Å². The molecule has 0 bridgehead atoms. The molecule has 5 nitrogen and oxygen atoms in total. The maximum Gasteiger partial charge on any atom is 0.222 e. The van der Waals surface area contributed by atoms with E-state index in [-0.39, 0.29) is 17.5 Å². The highest BCUT2D eigenvalue weighted by Crippen LogP contribution is 2.05. The monoisotopic (exact) mass is 272 g/mol. The van der Waals surface area contributed by atoms with Gasteiger partial charge in [-0.1, -0.05) is 0 Å². The van der Waals surface area contributed by atoms with E-state index in [2.05, 4.69) is 29.2 Å². The second-order valence-electron chi connectivity index (χ2n) is 6.53. The van der Waals surface area contributed by atoms with Gasteiger partial charge in [0.15, 0.2) is 0 Å². The smallest absolute Gasteiger partial charge is 0.222 e. The minimum absolute atomic E-state index is 0.0717. The number of rotatable bonds is 8. The van der Waals surface area contributed by atoms with Gasteiger partial charge in [0, 0.05) is 24.5 Å². The summed E-state index contributed by atoms with van der Waals surface area (Å²) in [4.78, 5) is 16.3. The second kappa shape index (κ2) is 8.51. The molecule has 3 N–H and O–H groups in total. The van der Waals surface area contributed by atoms with Crippen LogP contribution in [0.25, 0.3) is 0 Å². The van der Waals surface area contributed by atoms with Crippen LogP contribution >= 0.6 is 0 Å². The van der Waals surface area contributed by atoms with Crippen LogP contribution in [0.2, 0.25) is 0 Å². The number of hydrogen-bond acceptors (Lipinski definition) is 4. The molecule has 0 rings (SSSR count). The van der Waals surface area contributed by atoms with Gasteiger partial charge in [0.05, 0.1) is 0 Å². The van der Waals surface area contributed by atoms with Gasteiger partial charge in [0.25, 0.3) is 0 Å². The maximum absolute atomic E-state index is 11.9. The van der Waals surface area contributed by atoms with Crippen LogP contribution in [0.5, 0.6) is 0 Å². The molecule has 0 spiro atoms. The van der Waals surface area contributed by atoms with Crippen LogP contribution in [0.15, 0.2) is 0 Å². The fraction of sp³-hybridized carbons (Fsp3) is 0.929. The van der Waals surface area contributed by atoms with Crippen molar-refractivity contribution >= 4 is 5.91 Å². The Morgan fingerprint density at radius 1 is 1.21 bits per heavy atom. The first-order valence-electron chi connectivity index (χ1n) is 7.01. The summed E-state index contributed by atoms with van der Waals surface area (Å²) in [5.74, 6) is 0.0717. The fourth-order valence-electron chi connectivity index (χ4n) is 1.92. The van der Waals surface area contributed by atoms with Crippen molar-refractivity contribution in [1.29, 1.82) is 0 Å². The van der Waals surface area contributed by atoms with Crippen molar-refractivity contribution in [2.45, 2.75) is 45.2 Å². The number of carbonyl (C=O) groups excluding carboxylic acids is 1. The van der Waals surface area contributed by atoms with Crippen molar-refractivity contribution in [2.24, 2.45) is 5.73 Å². The van der Waals surface area contributed by atoms with Crippen LogP contribution in [0.1, 0.15) is 33.6 Å². The van der Waals surface area contributed by atoms with Crippen LogP contribution in [-0.4, -0.2) is 68.1 Å². The van der Waals surface area contributed by atoms with E-state index in [9.17, 15) is 4.79 Å². The Morgan fingerprint density at radius 2 is 1.79 bits per heavy atom. The minimum atomic E-state index is -0.181. The number of likely N-dealkylation sites (N-methyl/N-ethyl adjacent to an activating group) is 1. The lowest BCUT2D eigenvalue weighted by Gasteiger charge is -2.28. The SMILES string of the molecule is CN(C)CCCN(C)C(CN)CC(=O)NC(C)(C)C. The van der Waals surface area contributed by atoms with Gasteiger partial charge in [-0.25, -0.2) is 0 Å². The lowest BCUT2D eigenvalue weighted by molar-refractivity contribution is -0.123. The van der Waals surface area contributed by atoms with Crippen molar-refractivity contribution < 1.29 is 4.79 Å². The molecule has 1 unspecified atom stereocenters. The molecule has 5 heteroatoms. The lowest BCUT2D eigenvalue weighted by atomic mass is 10.1. The molecule has 0 fully saturated rings. The summed E-state index contributed by atoms with van der Waals surface area (Å²) in [6, 6.07) is 0.115. The summed E-state index contributed by atoms with van der Waals surface area (Å²) < 4.78 is 0. The zero-order chi connectivity index (χ0) is 15.1. The van der Waals surface area contributed by atoms with Crippen LogP contribution in [0.3, 0.4) is 0 Å². The Bertz CT molecular complexity index is 261. The lowest BCUT2D eigenvalue weighted by Crippen LogP contribution is -2.46. The Morgan fingerprint density at radius 3 is 2.21 bits per heavy atom. The predicted molar refractivity (Wildman–Crippen MR) is 81.2 cm³/mol. The van der Waals surface area contributed by atoms with Crippen LogP contribution in [0, 0.1) is 0 Å². The van der Waals surface area contributed by atoms with Crippen molar-refractivity contribution in [3.8, 4) is 0 Å². The zero-order valence-electron chi connectivity index (χ0n) is 13.5. The number of carbonyl (C=O) groups is 1. The Hall–Kier alpha value is -0.650. The zero-order valence-corrected chi connectivity index (χ0v) is 13.5. The summed E-state index contributed by atoms with van der Waals surface area (Å²) in [5.41, 5.74) is 5.60. The highest BCUT2D eigenvalue weighted by Gasteiger charge is 2.20. The molecule has 0 heterocycles. The third-order valence-electron chi connectivity index (χ3n) is 2.95. The quantitative estimate of drug-likeness (QED) is 0.675. The van der Waals surface area contributed by atoms with Crippen LogP contribution in [-0.2, 0) is 4.79 Å². The summed E-state index contributed by atoms with van der Waals surface area (Å²) in [6.07, 6.45) is 1.55. The van der Waals surface area contributed by atoms with E-state index in [4.69, 9.17) is 5.73 Å². The summed E-state index contributed by atoms with van der Waals surface area (Å²) >= 11 is 0. The fourth-order valence-corrected chi connectivity index (χ4v) is 1.92. The van der Waals surface area contributed by atoms with E-state index >= 15 is 0 Å². The van der Waals surface area contributed by atoms with Gasteiger partial charge in [-0.3, -0.25) is 4.79 Å². The molecule has 1 amide bonds. The molecule has 0 aromatic rings. The highest BCUT2D eigenvalue weighted by molar-refractivity contribution is 5.77. The largest absolute Gasteiger partial charge is 0.351 e. The second-order valence-corrected chi connectivity index (χ2v) is 6.53. The highest BCUT2D eigenvalue weighted by atomic mass is 16.1. The maximum atomic E-state index is 11.9. The van der Waals surface area contributed by atoms with Gasteiger partial charge in [0.1, 0.15) is 0 Å². The van der Waals surface area contributed by atoms with Gasteiger partial charge < -0.3 is 20.9 Å². The Labute approximate surface area is 118 Å². The van der Waals surface area contributed by atoms with Crippen molar-refractivity contribution in [3.63, 3.8) is 0 Å². The van der Waals surface area contributed by atoms with Crippen LogP contribution < -0.4 is 11.1 Å². The van der Waals surface area contributed by atoms with Gasteiger partial charge >= 0.3 is 0 Å². The number of nitrogens with two attached hydrogens (primary N) is 1. The average Bonchev–Trinajstić information content (AvgIpc) is 2.22.